The first-order valence-corrected chi connectivity index (χ1v) is 7.46. The number of carbonyl (C=O) groups excluding carboxylic acids is 1. The Kier molecular flexibility index (Phi) is 5.01. The first kappa shape index (κ1) is 14.1. The molecule has 0 spiro atoms. The molecule has 0 radical (unpaired) electrons. The molecule has 104 valence electrons. The van der Waals surface area contributed by atoms with Gasteiger partial charge in [0, 0.05) is 6.04 Å². The Balaban J connectivity index is 1.93. The molecule has 0 amide bonds. The summed E-state index contributed by atoms with van der Waals surface area (Å²) >= 11 is 1.34. The molecule has 0 bridgehead atoms. The standard InChI is InChI=1S/C13H19N3O2S/c1-9-4-3-5-10(9)15-11-6-14-7-12(16-11)19-8-13(17)18-2/h6-7,9-10H,3-5,8H2,1-2H3,(H,15,16). The highest BCUT2D eigenvalue weighted by Gasteiger charge is 2.23. The van der Waals surface area contributed by atoms with Crippen LogP contribution in [0.2, 0.25) is 0 Å². The van der Waals surface area contributed by atoms with Gasteiger partial charge in [0.05, 0.1) is 25.3 Å². The summed E-state index contributed by atoms with van der Waals surface area (Å²) in [5, 5.41) is 4.17. The highest BCUT2D eigenvalue weighted by atomic mass is 32.2. The lowest BCUT2D eigenvalue weighted by Crippen LogP contribution is -2.22. The van der Waals surface area contributed by atoms with Gasteiger partial charge in [-0.05, 0) is 18.8 Å². The minimum atomic E-state index is -0.255. The topological polar surface area (TPSA) is 64.1 Å². The van der Waals surface area contributed by atoms with E-state index in [0.29, 0.717) is 12.0 Å². The molecule has 2 atom stereocenters. The Labute approximate surface area is 117 Å². The van der Waals surface area contributed by atoms with Crippen molar-refractivity contribution in [3.05, 3.63) is 12.4 Å². The summed E-state index contributed by atoms with van der Waals surface area (Å²) in [6.07, 6.45) is 7.11. The molecular formula is C13H19N3O2S. The number of esters is 1. The second kappa shape index (κ2) is 6.75. The maximum absolute atomic E-state index is 11.1. The zero-order chi connectivity index (χ0) is 13.7. The highest BCUT2D eigenvalue weighted by Crippen LogP contribution is 2.27. The maximum Gasteiger partial charge on any atom is 0.316 e. The van der Waals surface area contributed by atoms with Gasteiger partial charge in [-0.3, -0.25) is 9.78 Å². The van der Waals surface area contributed by atoms with Crippen molar-refractivity contribution in [3.63, 3.8) is 0 Å². The number of nitrogens with one attached hydrogen (secondary N) is 1. The molecule has 1 aromatic rings. The first-order chi connectivity index (χ1) is 9.19. The van der Waals surface area contributed by atoms with E-state index < -0.39 is 0 Å². The van der Waals surface area contributed by atoms with E-state index in [1.165, 1.54) is 38.1 Å². The van der Waals surface area contributed by atoms with E-state index in [0.717, 1.165) is 10.8 Å². The summed E-state index contributed by atoms with van der Waals surface area (Å²) in [6, 6.07) is 0.482. The van der Waals surface area contributed by atoms with Crippen LogP contribution in [0.15, 0.2) is 17.4 Å². The summed E-state index contributed by atoms with van der Waals surface area (Å²) in [7, 11) is 1.38. The van der Waals surface area contributed by atoms with Crippen LogP contribution in [-0.2, 0) is 9.53 Å². The first-order valence-electron chi connectivity index (χ1n) is 6.47. The van der Waals surface area contributed by atoms with Gasteiger partial charge >= 0.3 is 5.97 Å². The molecule has 1 aliphatic rings. The predicted octanol–water partition coefficient (Wildman–Crippen LogP) is 2.34. The number of hydrogen-bond acceptors (Lipinski definition) is 6. The minimum absolute atomic E-state index is 0.255. The van der Waals surface area contributed by atoms with Crippen LogP contribution in [0.4, 0.5) is 5.82 Å². The molecular weight excluding hydrogens is 262 g/mol. The van der Waals surface area contributed by atoms with E-state index in [2.05, 4.69) is 26.9 Å². The third-order valence-electron chi connectivity index (χ3n) is 3.37. The van der Waals surface area contributed by atoms with Gasteiger partial charge in [0.2, 0.25) is 0 Å². The number of hydrogen-bond donors (Lipinski definition) is 1. The number of ether oxygens (including phenoxy) is 1. The van der Waals surface area contributed by atoms with Gasteiger partial charge < -0.3 is 10.1 Å². The zero-order valence-corrected chi connectivity index (χ0v) is 12.1. The summed E-state index contributed by atoms with van der Waals surface area (Å²) < 4.78 is 4.60. The van der Waals surface area contributed by atoms with Crippen LogP contribution >= 0.6 is 11.8 Å². The molecule has 19 heavy (non-hydrogen) atoms. The van der Waals surface area contributed by atoms with Gasteiger partial charge in [-0.25, -0.2) is 4.98 Å². The molecule has 1 saturated carbocycles. The predicted molar refractivity (Wildman–Crippen MR) is 75.2 cm³/mol. The lowest BCUT2D eigenvalue weighted by molar-refractivity contribution is -0.137. The van der Waals surface area contributed by atoms with Gasteiger partial charge in [-0.1, -0.05) is 25.1 Å². The van der Waals surface area contributed by atoms with Crippen LogP contribution in [0, 0.1) is 5.92 Å². The fourth-order valence-corrected chi connectivity index (χ4v) is 2.91. The molecule has 1 N–H and O–H groups in total. The Hall–Kier alpha value is -1.30. The van der Waals surface area contributed by atoms with Crippen molar-refractivity contribution in [2.45, 2.75) is 37.3 Å². The number of aromatic nitrogens is 2. The maximum atomic E-state index is 11.1. The van der Waals surface area contributed by atoms with Crippen LogP contribution < -0.4 is 5.32 Å². The number of nitrogens with zero attached hydrogens (tertiary/aromatic N) is 2. The molecule has 5 nitrogen and oxygen atoms in total. The number of carbonyl (C=O) groups is 1. The van der Waals surface area contributed by atoms with Crippen LogP contribution in [0.3, 0.4) is 0 Å². The Morgan fingerprint density at radius 3 is 3.05 bits per heavy atom. The largest absolute Gasteiger partial charge is 0.468 e. The van der Waals surface area contributed by atoms with Crippen LogP contribution in [0.25, 0.3) is 0 Å². The van der Waals surface area contributed by atoms with Gasteiger partial charge in [-0.2, -0.15) is 0 Å². The lowest BCUT2D eigenvalue weighted by Gasteiger charge is -2.17. The summed E-state index contributed by atoms with van der Waals surface area (Å²) in [5.41, 5.74) is 0. The molecule has 0 aromatic carbocycles. The number of rotatable bonds is 5. The van der Waals surface area contributed by atoms with Crippen LogP contribution in [0.5, 0.6) is 0 Å². The van der Waals surface area contributed by atoms with Crippen molar-refractivity contribution in [3.8, 4) is 0 Å². The Morgan fingerprint density at radius 1 is 1.53 bits per heavy atom. The summed E-state index contributed by atoms with van der Waals surface area (Å²) in [6.45, 7) is 2.26. The normalized spacial score (nSPS) is 22.2. The van der Waals surface area contributed by atoms with Gasteiger partial charge in [0.25, 0.3) is 0 Å². The second-order valence-electron chi connectivity index (χ2n) is 4.77. The molecule has 1 fully saturated rings. The third kappa shape index (κ3) is 4.09. The smallest absolute Gasteiger partial charge is 0.316 e. The Bertz CT molecular complexity index is 442. The monoisotopic (exact) mass is 281 g/mol. The quantitative estimate of drug-likeness (QED) is 0.660. The van der Waals surface area contributed by atoms with E-state index in [1.54, 1.807) is 12.4 Å². The fourth-order valence-electron chi connectivity index (χ4n) is 2.23. The second-order valence-corrected chi connectivity index (χ2v) is 5.76. The molecule has 0 aliphatic heterocycles. The Morgan fingerprint density at radius 2 is 2.37 bits per heavy atom. The molecule has 1 heterocycles. The van der Waals surface area contributed by atoms with Crippen molar-refractivity contribution in [1.29, 1.82) is 0 Å². The van der Waals surface area contributed by atoms with E-state index in [1.807, 2.05) is 0 Å². The fraction of sp³-hybridized carbons (Fsp3) is 0.615. The van der Waals surface area contributed by atoms with Gasteiger partial charge in [0.1, 0.15) is 10.8 Å². The van der Waals surface area contributed by atoms with Crippen molar-refractivity contribution in [2.24, 2.45) is 5.92 Å². The molecule has 1 aromatic heterocycles. The van der Waals surface area contributed by atoms with E-state index in [4.69, 9.17) is 0 Å². The van der Waals surface area contributed by atoms with Crippen LogP contribution in [0.1, 0.15) is 26.2 Å². The van der Waals surface area contributed by atoms with Crippen molar-refractivity contribution in [1.82, 2.24) is 9.97 Å². The van der Waals surface area contributed by atoms with Crippen LogP contribution in [-0.4, -0.2) is 34.8 Å². The number of methoxy groups -OCH3 is 1. The minimum Gasteiger partial charge on any atom is -0.468 e. The average molecular weight is 281 g/mol. The number of anilines is 1. The number of thioether (sulfide) groups is 1. The van der Waals surface area contributed by atoms with E-state index >= 15 is 0 Å². The highest BCUT2D eigenvalue weighted by molar-refractivity contribution is 7.99. The van der Waals surface area contributed by atoms with E-state index in [-0.39, 0.29) is 11.7 Å². The van der Waals surface area contributed by atoms with Crippen molar-refractivity contribution < 1.29 is 9.53 Å². The van der Waals surface area contributed by atoms with Gasteiger partial charge in [0.15, 0.2) is 0 Å². The zero-order valence-electron chi connectivity index (χ0n) is 11.3. The molecule has 1 aliphatic carbocycles. The summed E-state index contributed by atoms with van der Waals surface area (Å²) in [5.74, 6) is 1.46. The molecule has 6 heteroatoms. The molecule has 2 unspecified atom stereocenters. The van der Waals surface area contributed by atoms with Crippen molar-refractivity contribution >= 4 is 23.5 Å². The van der Waals surface area contributed by atoms with Crippen molar-refractivity contribution in [2.75, 3.05) is 18.2 Å². The third-order valence-corrected chi connectivity index (χ3v) is 4.25. The molecule has 2 rings (SSSR count). The SMILES string of the molecule is COC(=O)CSc1cncc(NC2CCCC2C)n1. The lowest BCUT2D eigenvalue weighted by atomic mass is 10.1. The average Bonchev–Trinajstić information content (AvgIpc) is 2.82. The van der Waals surface area contributed by atoms with Gasteiger partial charge in [-0.15, -0.1) is 0 Å². The summed E-state index contributed by atoms with van der Waals surface area (Å²) in [4.78, 5) is 19.7. The van der Waals surface area contributed by atoms with E-state index in [9.17, 15) is 4.79 Å². The molecule has 0 saturated heterocycles.